The quantitative estimate of drug-likeness (QED) is 0.787. The highest BCUT2D eigenvalue weighted by atomic mass is 16.5. The number of carbonyl (C=O) groups is 2. The molecule has 3 heterocycles. The van der Waals surface area contributed by atoms with Crippen LogP contribution >= 0.6 is 0 Å². The van der Waals surface area contributed by atoms with E-state index in [1.807, 2.05) is 0 Å². The van der Waals surface area contributed by atoms with Crippen LogP contribution in [0.1, 0.15) is 10.4 Å². The monoisotopic (exact) mass is 276 g/mol. The number of nitrogens with one attached hydrogen (secondary N) is 1. The van der Waals surface area contributed by atoms with Gasteiger partial charge in [0, 0.05) is 12.4 Å². The Labute approximate surface area is 113 Å². The highest BCUT2D eigenvalue weighted by molar-refractivity contribution is 6.00. The van der Waals surface area contributed by atoms with E-state index in [9.17, 15) is 9.59 Å². The van der Waals surface area contributed by atoms with E-state index >= 15 is 0 Å². The van der Waals surface area contributed by atoms with Gasteiger partial charge < -0.3 is 15.2 Å². The molecule has 0 saturated carbocycles. The number of hydrogen-bond donors (Lipinski definition) is 2. The molecule has 1 aliphatic heterocycles. The van der Waals surface area contributed by atoms with Crippen molar-refractivity contribution in [3.05, 3.63) is 30.4 Å². The number of fused-ring (bicyclic) bond motifs is 1. The minimum Gasteiger partial charge on any atom is -0.481 e. The molecule has 20 heavy (non-hydrogen) atoms. The van der Waals surface area contributed by atoms with E-state index < -0.39 is 17.9 Å². The van der Waals surface area contributed by atoms with Crippen LogP contribution in [0.2, 0.25) is 0 Å². The topological polar surface area (TPSA) is 106 Å². The number of hydrogen-bond acceptors (Lipinski definition) is 5. The van der Waals surface area contributed by atoms with Crippen LogP contribution in [0.25, 0.3) is 5.52 Å². The summed E-state index contributed by atoms with van der Waals surface area (Å²) >= 11 is 0. The largest absolute Gasteiger partial charge is 0.481 e. The van der Waals surface area contributed by atoms with Crippen molar-refractivity contribution in [2.45, 2.75) is 6.04 Å². The van der Waals surface area contributed by atoms with E-state index in [4.69, 9.17) is 9.84 Å². The van der Waals surface area contributed by atoms with E-state index in [1.165, 1.54) is 16.9 Å². The third-order valence-electron chi connectivity index (χ3n) is 3.28. The first kappa shape index (κ1) is 12.5. The molecule has 1 fully saturated rings. The minimum atomic E-state index is -0.977. The van der Waals surface area contributed by atoms with E-state index in [0.29, 0.717) is 11.1 Å². The van der Waals surface area contributed by atoms with Crippen LogP contribution in [0, 0.1) is 5.92 Å². The Morgan fingerprint density at radius 1 is 1.40 bits per heavy atom. The fourth-order valence-corrected chi connectivity index (χ4v) is 2.20. The van der Waals surface area contributed by atoms with Gasteiger partial charge in [-0.15, -0.1) is 0 Å². The number of nitrogens with zero attached hydrogens (tertiary/aromatic N) is 3. The summed E-state index contributed by atoms with van der Waals surface area (Å²) in [5.74, 6) is -2.08. The van der Waals surface area contributed by atoms with Crippen LogP contribution in [0.15, 0.2) is 24.8 Å². The zero-order valence-corrected chi connectivity index (χ0v) is 10.4. The molecule has 0 aromatic carbocycles. The summed E-state index contributed by atoms with van der Waals surface area (Å²) in [5.41, 5.74) is 0.921. The summed E-state index contributed by atoms with van der Waals surface area (Å²) in [6.45, 7) is 0.302. The third-order valence-corrected chi connectivity index (χ3v) is 3.28. The second-order valence-electron chi connectivity index (χ2n) is 4.53. The van der Waals surface area contributed by atoms with Crippen LogP contribution in [-0.4, -0.2) is 50.8 Å². The lowest BCUT2D eigenvalue weighted by Crippen LogP contribution is -2.42. The summed E-state index contributed by atoms with van der Waals surface area (Å²) < 4.78 is 6.64. The van der Waals surface area contributed by atoms with Crippen LogP contribution in [0.3, 0.4) is 0 Å². The second-order valence-corrected chi connectivity index (χ2v) is 4.53. The van der Waals surface area contributed by atoms with Crippen molar-refractivity contribution in [2.24, 2.45) is 5.92 Å². The molecule has 2 aromatic rings. The molecule has 2 unspecified atom stereocenters. The van der Waals surface area contributed by atoms with Gasteiger partial charge in [-0.25, -0.2) is 4.52 Å². The van der Waals surface area contributed by atoms with Gasteiger partial charge in [0.1, 0.15) is 5.92 Å². The highest BCUT2D eigenvalue weighted by Crippen LogP contribution is 2.15. The number of ether oxygens (including phenoxy) is 1. The number of aromatic nitrogens is 3. The summed E-state index contributed by atoms with van der Waals surface area (Å²) in [5, 5.41) is 15.8. The smallest absolute Gasteiger partial charge is 0.311 e. The average molecular weight is 276 g/mol. The van der Waals surface area contributed by atoms with Crippen molar-refractivity contribution in [3.63, 3.8) is 0 Å². The van der Waals surface area contributed by atoms with E-state index in [2.05, 4.69) is 15.4 Å². The molecular formula is C12H12N4O4. The first-order chi connectivity index (χ1) is 9.66. The normalized spacial score (nSPS) is 22.0. The molecule has 2 N–H and O–H groups in total. The van der Waals surface area contributed by atoms with Gasteiger partial charge in [-0.1, -0.05) is 0 Å². The highest BCUT2D eigenvalue weighted by Gasteiger charge is 2.35. The molecule has 0 aliphatic carbocycles. The van der Waals surface area contributed by atoms with Gasteiger partial charge in [0.2, 0.25) is 0 Å². The first-order valence-electron chi connectivity index (χ1n) is 6.05. The Morgan fingerprint density at radius 3 is 3.05 bits per heavy atom. The molecule has 8 nitrogen and oxygen atoms in total. The molecule has 2 atom stereocenters. The average Bonchev–Trinajstić information content (AvgIpc) is 3.04. The summed E-state index contributed by atoms with van der Waals surface area (Å²) in [7, 11) is 0. The van der Waals surface area contributed by atoms with Crippen molar-refractivity contribution in [1.29, 1.82) is 0 Å². The van der Waals surface area contributed by atoms with Gasteiger partial charge in [0.15, 0.2) is 0 Å². The number of rotatable bonds is 3. The van der Waals surface area contributed by atoms with E-state index in [1.54, 1.807) is 12.4 Å². The SMILES string of the molecule is O=C(NC1COCC1C(=O)O)c1cnn2ccncc12. The maximum Gasteiger partial charge on any atom is 0.311 e. The standard InChI is InChI=1S/C12H12N4O4/c17-11(15-9-6-20-5-8(9)12(18)19)7-3-14-16-2-1-13-4-10(7)16/h1-4,8-9H,5-6H2,(H,15,17)(H,18,19). The first-order valence-corrected chi connectivity index (χ1v) is 6.05. The molecule has 1 saturated heterocycles. The predicted molar refractivity (Wildman–Crippen MR) is 66.2 cm³/mol. The molecule has 8 heteroatoms. The number of amides is 1. The van der Waals surface area contributed by atoms with Gasteiger partial charge >= 0.3 is 5.97 Å². The molecule has 3 rings (SSSR count). The number of carbonyl (C=O) groups excluding carboxylic acids is 1. The molecule has 1 aliphatic rings. The van der Waals surface area contributed by atoms with Crippen molar-refractivity contribution in [3.8, 4) is 0 Å². The van der Waals surface area contributed by atoms with Gasteiger partial charge in [0.05, 0.1) is 42.7 Å². The third kappa shape index (κ3) is 2.10. The molecule has 0 radical (unpaired) electrons. The molecule has 1 amide bonds. The zero-order valence-electron chi connectivity index (χ0n) is 10.4. The van der Waals surface area contributed by atoms with Gasteiger partial charge in [-0.05, 0) is 0 Å². The maximum atomic E-state index is 12.2. The Hall–Kier alpha value is -2.48. The van der Waals surface area contributed by atoms with Gasteiger partial charge in [-0.2, -0.15) is 5.10 Å². The molecule has 0 spiro atoms. The van der Waals surface area contributed by atoms with Gasteiger partial charge in [0.25, 0.3) is 5.91 Å². The predicted octanol–water partition coefficient (Wildman–Crippen LogP) is -0.441. The van der Waals surface area contributed by atoms with Gasteiger partial charge in [-0.3, -0.25) is 14.6 Å². The Morgan fingerprint density at radius 2 is 2.25 bits per heavy atom. The van der Waals surface area contributed by atoms with Crippen molar-refractivity contribution < 1.29 is 19.4 Å². The van der Waals surface area contributed by atoms with Crippen LogP contribution in [-0.2, 0) is 9.53 Å². The lowest BCUT2D eigenvalue weighted by molar-refractivity contribution is -0.142. The Balaban J connectivity index is 1.81. The number of carboxylic acids is 1. The van der Waals surface area contributed by atoms with Crippen LogP contribution in [0.4, 0.5) is 0 Å². The second kappa shape index (κ2) is 4.89. The minimum absolute atomic E-state index is 0.108. The molecular weight excluding hydrogens is 264 g/mol. The van der Waals surface area contributed by atoms with Crippen LogP contribution < -0.4 is 5.32 Å². The summed E-state index contributed by atoms with van der Waals surface area (Å²) in [6, 6.07) is -0.536. The summed E-state index contributed by atoms with van der Waals surface area (Å²) in [4.78, 5) is 27.2. The summed E-state index contributed by atoms with van der Waals surface area (Å²) in [6.07, 6.45) is 6.15. The van der Waals surface area contributed by atoms with Crippen molar-refractivity contribution >= 4 is 17.4 Å². The maximum absolute atomic E-state index is 12.2. The Bertz CT molecular complexity index is 668. The fraction of sp³-hybridized carbons (Fsp3) is 0.333. The van der Waals surface area contributed by atoms with Crippen molar-refractivity contribution in [1.82, 2.24) is 19.9 Å². The molecule has 104 valence electrons. The number of aliphatic carboxylic acids is 1. The fourth-order valence-electron chi connectivity index (χ4n) is 2.20. The van der Waals surface area contributed by atoms with Crippen molar-refractivity contribution in [2.75, 3.05) is 13.2 Å². The molecule has 2 aromatic heterocycles. The Kier molecular flexibility index (Phi) is 3.07. The lowest BCUT2D eigenvalue weighted by atomic mass is 10.0. The van der Waals surface area contributed by atoms with Crippen LogP contribution in [0.5, 0.6) is 0 Å². The zero-order chi connectivity index (χ0) is 14.1. The molecule has 0 bridgehead atoms. The lowest BCUT2D eigenvalue weighted by Gasteiger charge is -2.15. The van der Waals surface area contributed by atoms with E-state index in [-0.39, 0.29) is 19.1 Å². The number of carboxylic acid groups (broad SMARTS) is 1. The van der Waals surface area contributed by atoms with E-state index in [0.717, 1.165) is 0 Å².